The number of benzene rings is 1. The number of methoxy groups -OCH3 is 2. The Labute approximate surface area is 178 Å². The standard InChI is InChI=1S/C21H34N4O3S/c1-22-20(23-15-21(29-4)6-9-28-10-7-21)24-16-5-8-25(14-16)17-11-18(26-2)13-19(12-17)27-3/h11-13,16H,5-10,14-15H2,1-4H3,(H2,22,23,24). The number of anilines is 1. The Balaban J connectivity index is 1.55. The highest BCUT2D eigenvalue weighted by atomic mass is 32.2. The van der Waals surface area contributed by atoms with Crippen molar-refractivity contribution in [2.45, 2.75) is 30.1 Å². The first kappa shape index (κ1) is 21.9. The first-order valence-corrected chi connectivity index (χ1v) is 11.4. The van der Waals surface area contributed by atoms with Gasteiger partial charge in [0.25, 0.3) is 0 Å². The average molecular weight is 423 g/mol. The Morgan fingerprint density at radius 3 is 2.52 bits per heavy atom. The molecule has 2 saturated heterocycles. The van der Waals surface area contributed by atoms with E-state index < -0.39 is 0 Å². The molecule has 0 amide bonds. The van der Waals surface area contributed by atoms with Gasteiger partial charge in [-0.3, -0.25) is 4.99 Å². The fourth-order valence-corrected chi connectivity index (χ4v) is 4.71. The second kappa shape index (κ2) is 10.3. The van der Waals surface area contributed by atoms with Gasteiger partial charge in [-0.05, 0) is 25.5 Å². The highest BCUT2D eigenvalue weighted by molar-refractivity contribution is 8.00. The van der Waals surface area contributed by atoms with Crippen LogP contribution in [0.4, 0.5) is 5.69 Å². The smallest absolute Gasteiger partial charge is 0.191 e. The molecule has 0 aromatic heterocycles. The van der Waals surface area contributed by atoms with Gasteiger partial charge in [0.15, 0.2) is 5.96 Å². The quantitative estimate of drug-likeness (QED) is 0.516. The van der Waals surface area contributed by atoms with Gasteiger partial charge in [0.1, 0.15) is 11.5 Å². The van der Waals surface area contributed by atoms with Crippen LogP contribution in [-0.4, -0.2) is 77.1 Å². The first-order valence-electron chi connectivity index (χ1n) is 10.2. The molecule has 1 atom stereocenters. The van der Waals surface area contributed by atoms with Crippen LogP contribution in [0.1, 0.15) is 19.3 Å². The molecular weight excluding hydrogens is 388 g/mol. The zero-order valence-electron chi connectivity index (χ0n) is 18.0. The molecule has 2 N–H and O–H groups in total. The number of nitrogens with one attached hydrogen (secondary N) is 2. The van der Waals surface area contributed by atoms with Crippen LogP contribution in [0.15, 0.2) is 23.2 Å². The number of ether oxygens (including phenoxy) is 3. The van der Waals surface area contributed by atoms with Crippen LogP contribution >= 0.6 is 11.8 Å². The lowest BCUT2D eigenvalue weighted by atomic mass is 9.99. The number of rotatable bonds is 7. The molecule has 2 fully saturated rings. The second-order valence-electron chi connectivity index (χ2n) is 7.57. The van der Waals surface area contributed by atoms with E-state index >= 15 is 0 Å². The molecule has 2 aliphatic rings. The Hall–Kier alpha value is -1.80. The maximum Gasteiger partial charge on any atom is 0.191 e. The molecular formula is C21H34N4O3S. The Bertz CT molecular complexity index is 672. The van der Waals surface area contributed by atoms with Gasteiger partial charge in [0, 0.05) is 74.6 Å². The van der Waals surface area contributed by atoms with Crippen molar-refractivity contribution in [3.8, 4) is 11.5 Å². The third kappa shape index (κ3) is 5.63. The fraction of sp³-hybridized carbons (Fsp3) is 0.667. The highest BCUT2D eigenvalue weighted by Gasteiger charge is 2.32. The molecule has 0 aliphatic carbocycles. The normalized spacial score (nSPS) is 21.7. The summed E-state index contributed by atoms with van der Waals surface area (Å²) in [7, 11) is 5.20. The van der Waals surface area contributed by atoms with Gasteiger partial charge in [-0.25, -0.2) is 0 Å². The largest absolute Gasteiger partial charge is 0.497 e. The van der Waals surface area contributed by atoms with Crippen molar-refractivity contribution < 1.29 is 14.2 Å². The average Bonchev–Trinajstić information content (AvgIpc) is 3.25. The van der Waals surface area contributed by atoms with Gasteiger partial charge < -0.3 is 29.7 Å². The van der Waals surface area contributed by atoms with Crippen LogP contribution in [-0.2, 0) is 4.74 Å². The van der Waals surface area contributed by atoms with Gasteiger partial charge in [-0.15, -0.1) is 0 Å². The van der Waals surface area contributed by atoms with Crippen molar-refractivity contribution in [3.63, 3.8) is 0 Å². The van der Waals surface area contributed by atoms with E-state index in [0.29, 0.717) is 6.04 Å². The Kier molecular flexibility index (Phi) is 7.77. The molecule has 2 heterocycles. The second-order valence-corrected chi connectivity index (χ2v) is 8.85. The van der Waals surface area contributed by atoms with E-state index in [1.165, 1.54) is 0 Å². The molecule has 1 unspecified atom stereocenters. The maximum absolute atomic E-state index is 5.54. The molecule has 1 aromatic carbocycles. The molecule has 29 heavy (non-hydrogen) atoms. The summed E-state index contributed by atoms with van der Waals surface area (Å²) in [6.07, 6.45) is 5.41. The molecule has 0 bridgehead atoms. The number of aliphatic imine (C=N–C) groups is 1. The first-order chi connectivity index (χ1) is 14.1. The van der Waals surface area contributed by atoms with Gasteiger partial charge in [-0.2, -0.15) is 11.8 Å². The van der Waals surface area contributed by atoms with Crippen LogP contribution in [0, 0.1) is 0 Å². The van der Waals surface area contributed by atoms with Crippen molar-refractivity contribution in [2.75, 3.05) is 65.3 Å². The maximum atomic E-state index is 5.54. The van der Waals surface area contributed by atoms with Crippen molar-refractivity contribution in [2.24, 2.45) is 4.99 Å². The highest BCUT2D eigenvalue weighted by Crippen LogP contribution is 2.33. The van der Waals surface area contributed by atoms with Gasteiger partial charge in [-0.1, -0.05) is 0 Å². The number of thioether (sulfide) groups is 1. The van der Waals surface area contributed by atoms with E-state index in [2.05, 4.69) is 38.9 Å². The van der Waals surface area contributed by atoms with E-state index in [-0.39, 0.29) is 4.75 Å². The molecule has 3 rings (SSSR count). The lowest BCUT2D eigenvalue weighted by Gasteiger charge is -2.36. The van der Waals surface area contributed by atoms with Crippen LogP contribution < -0.4 is 25.0 Å². The number of hydrogen-bond donors (Lipinski definition) is 2. The van der Waals surface area contributed by atoms with Crippen molar-refractivity contribution >= 4 is 23.4 Å². The van der Waals surface area contributed by atoms with Crippen molar-refractivity contribution in [3.05, 3.63) is 18.2 Å². The minimum absolute atomic E-state index is 0.231. The van der Waals surface area contributed by atoms with Crippen LogP contribution in [0.3, 0.4) is 0 Å². The molecule has 0 saturated carbocycles. The van der Waals surface area contributed by atoms with Crippen LogP contribution in [0.2, 0.25) is 0 Å². The fourth-order valence-electron chi connectivity index (χ4n) is 3.92. The van der Waals surface area contributed by atoms with Gasteiger partial charge >= 0.3 is 0 Å². The number of nitrogens with zero attached hydrogens (tertiary/aromatic N) is 2. The summed E-state index contributed by atoms with van der Waals surface area (Å²) in [4.78, 5) is 6.81. The van der Waals surface area contributed by atoms with Gasteiger partial charge in [0.2, 0.25) is 0 Å². The molecule has 7 nitrogen and oxygen atoms in total. The third-order valence-electron chi connectivity index (χ3n) is 5.87. The third-order valence-corrected chi connectivity index (χ3v) is 7.29. The van der Waals surface area contributed by atoms with Crippen molar-refractivity contribution in [1.29, 1.82) is 0 Å². The predicted molar refractivity (Wildman–Crippen MR) is 121 cm³/mol. The van der Waals surface area contributed by atoms with E-state index in [0.717, 1.165) is 75.3 Å². The SMILES string of the molecule is CN=C(NCC1(SC)CCOCC1)NC1CCN(c2cc(OC)cc(OC)c2)C1. The summed E-state index contributed by atoms with van der Waals surface area (Å²) in [5.41, 5.74) is 1.12. The Morgan fingerprint density at radius 2 is 1.93 bits per heavy atom. The zero-order valence-corrected chi connectivity index (χ0v) is 18.8. The van der Waals surface area contributed by atoms with Gasteiger partial charge in [0.05, 0.1) is 14.2 Å². The lowest BCUT2D eigenvalue weighted by Crippen LogP contribution is -2.50. The molecule has 8 heteroatoms. The summed E-state index contributed by atoms with van der Waals surface area (Å²) in [6, 6.07) is 6.37. The minimum Gasteiger partial charge on any atom is -0.497 e. The molecule has 0 radical (unpaired) electrons. The summed E-state index contributed by atoms with van der Waals surface area (Å²) in [6.45, 7) is 4.49. The predicted octanol–water partition coefficient (Wildman–Crippen LogP) is 2.36. The number of hydrogen-bond acceptors (Lipinski definition) is 6. The summed E-state index contributed by atoms with van der Waals surface area (Å²) in [5, 5.41) is 7.15. The summed E-state index contributed by atoms with van der Waals surface area (Å²) < 4.78 is 16.6. The minimum atomic E-state index is 0.231. The molecule has 162 valence electrons. The van der Waals surface area contributed by atoms with E-state index in [9.17, 15) is 0 Å². The van der Waals surface area contributed by atoms with E-state index in [1.54, 1.807) is 14.2 Å². The van der Waals surface area contributed by atoms with Crippen LogP contribution in [0.25, 0.3) is 0 Å². The van der Waals surface area contributed by atoms with E-state index in [1.807, 2.05) is 24.9 Å². The molecule has 0 spiro atoms. The topological polar surface area (TPSA) is 67.4 Å². The molecule has 2 aliphatic heterocycles. The van der Waals surface area contributed by atoms with Crippen molar-refractivity contribution in [1.82, 2.24) is 10.6 Å². The Morgan fingerprint density at radius 1 is 1.24 bits per heavy atom. The van der Waals surface area contributed by atoms with Crippen LogP contribution in [0.5, 0.6) is 11.5 Å². The van der Waals surface area contributed by atoms with E-state index in [4.69, 9.17) is 14.2 Å². The lowest BCUT2D eigenvalue weighted by molar-refractivity contribution is 0.0782. The summed E-state index contributed by atoms with van der Waals surface area (Å²) >= 11 is 1.94. The molecule has 1 aromatic rings. The summed E-state index contributed by atoms with van der Waals surface area (Å²) in [5.74, 6) is 2.50. The monoisotopic (exact) mass is 422 g/mol. The number of guanidine groups is 1. The zero-order chi connectivity index (χ0) is 20.7.